The fourth-order valence-corrected chi connectivity index (χ4v) is 1.43. The van der Waals surface area contributed by atoms with E-state index in [0.717, 1.165) is 0 Å². The Balaban J connectivity index is 2.63. The number of piperidine rings is 1. The van der Waals surface area contributed by atoms with Crippen molar-refractivity contribution in [3.8, 4) is 0 Å². The molecule has 5 atom stereocenters. The molecule has 5 nitrogen and oxygen atoms in total. The molecule has 2 unspecified atom stereocenters. The third-order valence-corrected chi connectivity index (χ3v) is 2.30. The highest BCUT2D eigenvalue weighted by Gasteiger charge is 2.39. The minimum Gasteiger partial charge on any atom is -0.395 e. The Morgan fingerprint density at radius 1 is 1.08 bits per heavy atom. The third kappa shape index (κ3) is 1.60. The van der Waals surface area contributed by atoms with Gasteiger partial charge in [0.15, 0.2) is 0 Å². The van der Waals surface area contributed by atoms with E-state index in [0.29, 0.717) is 0 Å². The zero-order chi connectivity index (χ0) is 9.30. The van der Waals surface area contributed by atoms with Crippen LogP contribution in [0.25, 0.3) is 0 Å². The highest BCUT2D eigenvalue weighted by molar-refractivity contribution is 4.96. The molecule has 1 saturated heterocycles. The van der Waals surface area contributed by atoms with E-state index in [9.17, 15) is 15.3 Å². The Kier molecular flexibility index (Phi) is 3.03. The molecule has 0 aromatic heterocycles. The standard InChI is InChI=1S/C7H15NO4/c1-3-5(10)7(12)6(11)4(2-9)8-3/h3-12H,2H2,1H3/t3-,4?,5?,6+,7+/m1/s1. The number of hydrogen-bond acceptors (Lipinski definition) is 5. The molecule has 5 N–H and O–H groups in total. The zero-order valence-electron chi connectivity index (χ0n) is 6.88. The Labute approximate surface area is 70.6 Å². The molecule has 72 valence electrons. The fourth-order valence-electron chi connectivity index (χ4n) is 1.43. The molecule has 0 bridgehead atoms. The van der Waals surface area contributed by atoms with Crippen LogP contribution in [0.1, 0.15) is 6.92 Å². The van der Waals surface area contributed by atoms with Gasteiger partial charge in [-0.2, -0.15) is 0 Å². The summed E-state index contributed by atoms with van der Waals surface area (Å²) >= 11 is 0. The lowest BCUT2D eigenvalue weighted by Crippen LogP contribution is -2.64. The van der Waals surface area contributed by atoms with Crippen LogP contribution in [0.15, 0.2) is 0 Å². The van der Waals surface area contributed by atoms with Gasteiger partial charge in [0, 0.05) is 6.04 Å². The number of rotatable bonds is 1. The van der Waals surface area contributed by atoms with Gasteiger partial charge in [-0.05, 0) is 6.92 Å². The lowest BCUT2D eigenvalue weighted by Gasteiger charge is -2.39. The SMILES string of the molecule is C[C@H]1NC(CO)[C@H](O)[C@@H](O)C1O. The average molecular weight is 177 g/mol. The molecular weight excluding hydrogens is 162 g/mol. The van der Waals surface area contributed by atoms with Crippen LogP contribution in [0.3, 0.4) is 0 Å². The first-order chi connectivity index (χ1) is 5.57. The molecule has 1 aliphatic heterocycles. The van der Waals surface area contributed by atoms with Gasteiger partial charge in [0.25, 0.3) is 0 Å². The molecule has 1 rings (SSSR count). The Morgan fingerprint density at radius 2 is 1.67 bits per heavy atom. The Bertz CT molecular complexity index is 150. The van der Waals surface area contributed by atoms with Gasteiger partial charge in [-0.15, -0.1) is 0 Å². The largest absolute Gasteiger partial charge is 0.395 e. The molecule has 1 aliphatic rings. The van der Waals surface area contributed by atoms with Crippen LogP contribution < -0.4 is 5.32 Å². The summed E-state index contributed by atoms with van der Waals surface area (Å²) in [5.74, 6) is 0. The van der Waals surface area contributed by atoms with Crippen LogP contribution in [0.5, 0.6) is 0 Å². The zero-order valence-corrected chi connectivity index (χ0v) is 6.88. The van der Waals surface area contributed by atoms with Crippen molar-refractivity contribution in [3.63, 3.8) is 0 Å². The van der Waals surface area contributed by atoms with Gasteiger partial charge in [-0.3, -0.25) is 0 Å². The molecule has 1 fully saturated rings. The molecule has 0 spiro atoms. The maximum absolute atomic E-state index is 9.29. The predicted molar refractivity (Wildman–Crippen MR) is 41.5 cm³/mol. The molecule has 1 heterocycles. The maximum atomic E-state index is 9.29. The first-order valence-electron chi connectivity index (χ1n) is 3.99. The molecule has 0 radical (unpaired) electrons. The van der Waals surface area contributed by atoms with E-state index in [-0.39, 0.29) is 12.6 Å². The second-order valence-electron chi connectivity index (χ2n) is 3.22. The second-order valence-corrected chi connectivity index (χ2v) is 3.22. The summed E-state index contributed by atoms with van der Waals surface area (Å²) in [6, 6.07) is -0.876. The summed E-state index contributed by atoms with van der Waals surface area (Å²) < 4.78 is 0. The minimum absolute atomic E-state index is 0.255. The van der Waals surface area contributed by atoms with Gasteiger partial charge < -0.3 is 25.7 Å². The van der Waals surface area contributed by atoms with Crippen molar-refractivity contribution >= 4 is 0 Å². The van der Waals surface area contributed by atoms with E-state index >= 15 is 0 Å². The number of nitrogens with one attached hydrogen (secondary N) is 1. The van der Waals surface area contributed by atoms with Gasteiger partial charge in [-0.1, -0.05) is 0 Å². The maximum Gasteiger partial charge on any atom is 0.109 e. The van der Waals surface area contributed by atoms with Crippen LogP contribution in [-0.4, -0.2) is 57.4 Å². The van der Waals surface area contributed by atoms with Crippen molar-refractivity contribution in [2.24, 2.45) is 0 Å². The van der Waals surface area contributed by atoms with E-state index in [2.05, 4.69) is 5.32 Å². The van der Waals surface area contributed by atoms with Gasteiger partial charge in [-0.25, -0.2) is 0 Å². The highest BCUT2D eigenvalue weighted by atomic mass is 16.4. The van der Waals surface area contributed by atoms with Crippen molar-refractivity contribution in [2.45, 2.75) is 37.3 Å². The smallest absolute Gasteiger partial charge is 0.109 e. The van der Waals surface area contributed by atoms with Crippen LogP contribution in [0, 0.1) is 0 Å². The summed E-state index contributed by atoms with van der Waals surface area (Å²) in [5, 5.41) is 39.4. The quantitative estimate of drug-likeness (QED) is 0.303. The Morgan fingerprint density at radius 3 is 2.17 bits per heavy atom. The van der Waals surface area contributed by atoms with Crippen molar-refractivity contribution in [3.05, 3.63) is 0 Å². The summed E-state index contributed by atoms with van der Waals surface area (Å²) in [6.07, 6.45) is -3.28. The summed E-state index contributed by atoms with van der Waals surface area (Å²) in [4.78, 5) is 0. The van der Waals surface area contributed by atoms with Crippen molar-refractivity contribution in [2.75, 3.05) is 6.61 Å². The van der Waals surface area contributed by atoms with E-state index in [1.165, 1.54) is 0 Å². The monoisotopic (exact) mass is 177 g/mol. The number of aliphatic hydroxyl groups excluding tert-OH is 4. The van der Waals surface area contributed by atoms with Gasteiger partial charge in [0.05, 0.1) is 24.9 Å². The molecule has 0 aromatic carbocycles. The lowest BCUT2D eigenvalue weighted by molar-refractivity contribution is -0.116. The first kappa shape index (κ1) is 9.88. The van der Waals surface area contributed by atoms with E-state index in [1.54, 1.807) is 6.92 Å². The molecule has 0 amide bonds. The van der Waals surface area contributed by atoms with Crippen LogP contribution in [-0.2, 0) is 0 Å². The molecular formula is C7H15NO4. The summed E-state index contributed by atoms with van der Waals surface area (Å²) in [6.45, 7) is 1.43. The van der Waals surface area contributed by atoms with Crippen molar-refractivity contribution in [1.82, 2.24) is 5.32 Å². The van der Waals surface area contributed by atoms with E-state index in [4.69, 9.17) is 5.11 Å². The van der Waals surface area contributed by atoms with Crippen LogP contribution in [0.4, 0.5) is 0 Å². The second kappa shape index (κ2) is 3.68. The average Bonchev–Trinajstić information content (AvgIpc) is 2.08. The topological polar surface area (TPSA) is 93.0 Å². The molecule has 0 saturated carbocycles. The van der Waals surface area contributed by atoms with Crippen LogP contribution in [0.2, 0.25) is 0 Å². The lowest BCUT2D eigenvalue weighted by atomic mass is 9.91. The van der Waals surface area contributed by atoms with E-state index < -0.39 is 24.4 Å². The summed E-state index contributed by atoms with van der Waals surface area (Å²) in [7, 11) is 0. The minimum atomic E-state index is -1.18. The number of aliphatic hydroxyl groups is 4. The molecule has 0 aliphatic carbocycles. The molecule has 5 heteroatoms. The molecule has 12 heavy (non-hydrogen) atoms. The predicted octanol–water partition coefficient (Wildman–Crippen LogP) is -2.58. The van der Waals surface area contributed by atoms with E-state index in [1.807, 2.05) is 0 Å². The summed E-state index contributed by atoms with van der Waals surface area (Å²) in [5.41, 5.74) is 0. The highest BCUT2D eigenvalue weighted by Crippen LogP contribution is 2.14. The first-order valence-corrected chi connectivity index (χ1v) is 3.99. The van der Waals surface area contributed by atoms with Gasteiger partial charge in [0.1, 0.15) is 6.10 Å². The van der Waals surface area contributed by atoms with Crippen LogP contribution >= 0.6 is 0 Å². The van der Waals surface area contributed by atoms with Gasteiger partial charge >= 0.3 is 0 Å². The number of hydrogen-bond donors (Lipinski definition) is 5. The normalized spacial score (nSPS) is 49.2. The van der Waals surface area contributed by atoms with Crippen molar-refractivity contribution < 1.29 is 20.4 Å². The Hall–Kier alpha value is -0.200. The fraction of sp³-hybridized carbons (Fsp3) is 1.00. The van der Waals surface area contributed by atoms with Crippen molar-refractivity contribution in [1.29, 1.82) is 0 Å². The molecule has 0 aromatic rings. The third-order valence-electron chi connectivity index (χ3n) is 2.30. The van der Waals surface area contributed by atoms with Gasteiger partial charge in [0.2, 0.25) is 0 Å².